The highest BCUT2D eigenvalue weighted by Gasteiger charge is 2.26. The number of rotatable bonds is 3. The van der Waals surface area contributed by atoms with Gasteiger partial charge in [0.2, 0.25) is 0 Å². The lowest BCUT2D eigenvalue weighted by molar-refractivity contribution is -0.130. The lowest BCUT2D eigenvalue weighted by Gasteiger charge is -2.12. The summed E-state index contributed by atoms with van der Waals surface area (Å²) in [5.74, 6) is -1.11. The quantitative estimate of drug-likeness (QED) is 0.872. The molecule has 2 aromatic carbocycles. The Labute approximate surface area is 126 Å². The van der Waals surface area contributed by atoms with Crippen molar-refractivity contribution in [3.8, 4) is 0 Å². The van der Waals surface area contributed by atoms with Crippen molar-refractivity contribution in [1.82, 2.24) is 10.2 Å². The van der Waals surface area contributed by atoms with Crippen LogP contribution in [-0.2, 0) is 9.53 Å². The van der Waals surface area contributed by atoms with Crippen LogP contribution in [0.4, 0.5) is 4.79 Å². The van der Waals surface area contributed by atoms with E-state index in [9.17, 15) is 14.4 Å². The summed E-state index contributed by atoms with van der Waals surface area (Å²) in [6, 6.07) is 12.4. The lowest BCUT2D eigenvalue weighted by Crippen LogP contribution is -2.37. The molecule has 6 nitrogen and oxygen atoms in total. The summed E-state index contributed by atoms with van der Waals surface area (Å²) < 4.78 is 4.99. The average Bonchev–Trinajstić information content (AvgIpc) is 2.98. The number of benzene rings is 2. The highest BCUT2D eigenvalue weighted by molar-refractivity contribution is 5.99. The van der Waals surface area contributed by atoms with E-state index in [2.05, 4.69) is 5.32 Å². The summed E-state index contributed by atoms with van der Waals surface area (Å²) in [7, 11) is 0. The predicted molar refractivity (Wildman–Crippen MR) is 79.3 cm³/mol. The topological polar surface area (TPSA) is 75.7 Å². The minimum atomic E-state index is -0.585. The first-order chi connectivity index (χ1) is 10.6. The molecule has 1 heterocycles. The van der Waals surface area contributed by atoms with Crippen LogP contribution in [0.3, 0.4) is 0 Å². The fraction of sp³-hybridized carbons (Fsp3) is 0.188. The van der Waals surface area contributed by atoms with E-state index in [0.29, 0.717) is 18.7 Å². The van der Waals surface area contributed by atoms with Gasteiger partial charge in [-0.3, -0.25) is 9.69 Å². The number of ether oxygens (including phenoxy) is 1. The molecule has 0 atom stereocenters. The maximum Gasteiger partial charge on any atom is 0.338 e. The summed E-state index contributed by atoms with van der Waals surface area (Å²) in [6.45, 7) is 0.271. The van der Waals surface area contributed by atoms with Crippen LogP contribution in [0.15, 0.2) is 42.5 Å². The van der Waals surface area contributed by atoms with Gasteiger partial charge in [-0.2, -0.15) is 0 Å². The van der Waals surface area contributed by atoms with E-state index in [4.69, 9.17) is 4.74 Å². The van der Waals surface area contributed by atoms with Gasteiger partial charge in [-0.25, -0.2) is 9.59 Å². The number of amides is 3. The summed E-state index contributed by atoms with van der Waals surface area (Å²) in [5.41, 5.74) is 0.373. The van der Waals surface area contributed by atoms with Gasteiger partial charge in [0.25, 0.3) is 5.91 Å². The molecule has 112 valence electrons. The van der Waals surface area contributed by atoms with Gasteiger partial charge in [0.1, 0.15) is 0 Å². The van der Waals surface area contributed by atoms with Crippen LogP contribution in [0.1, 0.15) is 10.4 Å². The van der Waals surface area contributed by atoms with Crippen molar-refractivity contribution in [1.29, 1.82) is 0 Å². The SMILES string of the molecule is O=C(OCC(=O)N1CCNC1=O)c1ccc2ccccc2c1. The molecule has 0 radical (unpaired) electrons. The van der Waals surface area contributed by atoms with Gasteiger partial charge < -0.3 is 10.1 Å². The molecule has 3 amide bonds. The largest absolute Gasteiger partial charge is 0.452 e. The third-order valence-corrected chi connectivity index (χ3v) is 3.47. The fourth-order valence-electron chi connectivity index (χ4n) is 2.31. The Balaban J connectivity index is 1.65. The molecule has 1 N–H and O–H groups in total. The molecule has 0 bridgehead atoms. The molecule has 0 aliphatic carbocycles. The Morgan fingerprint density at radius 3 is 2.64 bits per heavy atom. The van der Waals surface area contributed by atoms with Gasteiger partial charge in [0.15, 0.2) is 6.61 Å². The van der Waals surface area contributed by atoms with E-state index < -0.39 is 24.5 Å². The van der Waals surface area contributed by atoms with Crippen LogP contribution in [0.2, 0.25) is 0 Å². The molecule has 1 aliphatic rings. The minimum absolute atomic E-state index is 0.297. The molecule has 0 saturated carbocycles. The van der Waals surface area contributed by atoms with Crippen molar-refractivity contribution < 1.29 is 19.1 Å². The minimum Gasteiger partial charge on any atom is -0.452 e. The van der Waals surface area contributed by atoms with Crippen LogP contribution in [0.25, 0.3) is 10.8 Å². The Bertz CT molecular complexity index is 757. The van der Waals surface area contributed by atoms with Crippen LogP contribution < -0.4 is 5.32 Å². The van der Waals surface area contributed by atoms with E-state index in [1.54, 1.807) is 12.1 Å². The third kappa shape index (κ3) is 2.76. The molecule has 22 heavy (non-hydrogen) atoms. The molecule has 1 fully saturated rings. The normalized spacial score (nSPS) is 14.0. The summed E-state index contributed by atoms with van der Waals surface area (Å²) in [6.07, 6.45) is 0. The predicted octanol–water partition coefficient (Wildman–Crippen LogP) is 1.55. The first kappa shape index (κ1) is 14.1. The molecule has 1 aliphatic heterocycles. The fourth-order valence-corrected chi connectivity index (χ4v) is 2.31. The monoisotopic (exact) mass is 298 g/mol. The summed E-state index contributed by atoms with van der Waals surface area (Å²) >= 11 is 0. The van der Waals surface area contributed by atoms with E-state index in [0.717, 1.165) is 15.7 Å². The number of imide groups is 1. The van der Waals surface area contributed by atoms with Crippen molar-refractivity contribution in [2.24, 2.45) is 0 Å². The highest BCUT2D eigenvalue weighted by Crippen LogP contribution is 2.16. The molecular formula is C16H14N2O4. The molecule has 0 aromatic heterocycles. The summed E-state index contributed by atoms with van der Waals surface area (Å²) in [4.78, 5) is 36.2. The number of carbonyl (C=O) groups excluding carboxylic acids is 3. The van der Waals surface area contributed by atoms with Crippen molar-refractivity contribution in [2.75, 3.05) is 19.7 Å². The first-order valence-electron chi connectivity index (χ1n) is 6.89. The van der Waals surface area contributed by atoms with Gasteiger partial charge in [0.05, 0.1) is 5.56 Å². The van der Waals surface area contributed by atoms with Gasteiger partial charge in [0, 0.05) is 13.1 Å². The Kier molecular flexibility index (Phi) is 3.74. The number of nitrogens with one attached hydrogen (secondary N) is 1. The Hall–Kier alpha value is -2.89. The van der Waals surface area contributed by atoms with E-state index in [-0.39, 0.29) is 0 Å². The molecule has 0 spiro atoms. The first-order valence-corrected chi connectivity index (χ1v) is 6.89. The number of hydrogen-bond acceptors (Lipinski definition) is 4. The number of fused-ring (bicyclic) bond motifs is 1. The molecule has 6 heteroatoms. The number of nitrogens with zero attached hydrogens (tertiary/aromatic N) is 1. The standard InChI is InChI=1S/C16H14N2O4/c19-14(18-8-7-17-16(18)21)10-22-15(20)13-6-5-11-3-1-2-4-12(11)9-13/h1-6,9H,7-8,10H2,(H,17,21). The second-order valence-electron chi connectivity index (χ2n) is 4.92. The van der Waals surface area contributed by atoms with Crippen LogP contribution in [-0.4, -0.2) is 42.5 Å². The molecule has 2 aromatic rings. The molecular weight excluding hydrogens is 284 g/mol. The van der Waals surface area contributed by atoms with Crippen LogP contribution in [0.5, 0.6) is 0 Å². The van der Waals surface area contributed by atoms with Crippen molar-refractivity contribution >= 4 is 28.7 Å². The van der Waals surface area contributed by atoms with Gasteiger partial charge in [-0.15, -0.1) is 0 Å². The Morgan fingerprint density at radius 1 is 1.14 bits per heavy atom. The van der Waals surface area contributed by atoms with E-state index in [1.165, 1.54) is 0 Å². The van der Waals surface area contributed by atoms with E-state index >= 15 is 0 Å². The number of hydrogen-bond donors (Lipinski definition) is 1. The summed E-state index contributed by atoms with van der Waals surface area (Å²) in [5, 5.41) is 4.45. The van der Waals surface area contributed by atoms with Crippen molar-refractivity contribution in [2.45, 2.75) is 0 Å². The van der Waals surface area contributed by atoms with Gasteiger partial charge in [-0.05, 0) is 22.9 Å². The van der Waals surface area contributed by atoms with Gasteiger partial charge in [-0.1, -0.05) is 30.3 Å². The van der Waals surface area contributed by atoms with Crippen molar-refractivity contribution in [3.05, 3.63) is 48.0 Å². The highest BCUT2D eigenvalue weighted by atomic mass is 16.5. The molecule has 3 rings (SSSR count). The smallest absolute Gasteiger partial charge is 0.338 e. The number of carbonyl (C=O) groups is 3. The van der Waals surface area contributed by atoms with Crippen LogP contribution in [0, 0.1) is 0 Å². The number of urea groups is 1. The van der Waals surface area contributed by atoms with E-state index in [1.807, 2.05) is 30.3 Å². The zero-order chi connectivity index (χ0) is 15.5. The van der Waals surface area contributed by atoms with Crippen LogP contribution >= 0.6 is 0 Å². The third-order valence-electron chi connectivity index (χ3n) is 3.47. The second kappa shape index (κ2) is 5.85. The molecule has 1 saturated heterocycles. The lowest BCUT2D eigenvalue weighted by atomic mass is 10.1. The maximum atomic E-state index is 12.0. The van der Waals surface area contributed by atoms with Crippen molar-refractivity contribution in [3.63, 3.8) is 0 Å². The molecule has 0 unspecified atom stereocenters. The number of esters is 1. The Morgan fingerprint density at radius 2 is 1.91 bits per heavy atom. The second-order valence-corrected chi connectivity index (χ2v) is 4.92. The average molecular weight is 298 g/mol. The zero-order valence-electron chi connectivity index (χ0n) is 11.7. The zero-order valence-corrected chi connectivity index (χ0v) is 11.7. The maximum absolute atomic E-state index is 12.0. The van der Waals surface area contributed by atoms with Gasteiger partial charge >= 0.3 is 12.0 Å².